The fourth-order valence-electron chi connectivity index (χ4n) is 2.70. The lowest BCUT2D eigenvalue weighted by molar-refractivity contribution is -0.0495. The Bertz CT molecular complexity index is 880. The highest BCUT2D eigenvalue weighted by atomic mass is 19.3. The number of rotatable bonds is 6. The van der Waals surface area contributed by atoms with Gasteiger partial charge >= 0.3 is 19.8 Å². The number of carbonyl (C=O) groups is 1. The Morgan fingerprint density at radius 1 is 1.17 bits per heavy atom. The van der Waals surface area contributed by atoms with Crippen LogP contribution in [0.15, 0.2) is 42.6 Å². The fourth-order valence-corrected chi connectivity index (χ4v) is 2.70. The lowest BCUT2D eigenvalue weighted by atomic mass is 9.80. The first-order valence-corrected chi connectivity index (χ1v) is 9.35. The molecule has 0 aliphatic carbocycles. The summed E-state index contributed by atoms with van der Waals surface area (Å²) in [6, 6.07) is 10.3. The average molecular weight is 420 g/mol. The van der Waals surface area contributed by atoms with Gasteiger partial charge in [-0.25, -0.2) is 9.78 Å². The molecule has 0 atom stereocenters. The van der Waals surface area contributed by atoms with E-state index in [2.05, 4.69) is 15.0 Å². The predicted molar refractivity (Wildman–Crippen MR) is 107 cm³/mol. The van der Waals surface area contributed by atoms with Crippen LogP contribution in [0.1, 0.15) is 33.3 Å². The molecular formula is C20H23BF2N2O5. The molecule has 2 heterocycles. The number of hydrogen-bond acceptors (Lipinski definition) is 6. The van der Waals surface area contributed by atoms with Gasteiger partial charge in [-0.1, -0.05) is 30.3 Å². The first kappa shape index (κ1) is 22.0. The van der Waals surface area contributed by atoms with Gasteiger partial charge in [0.1, 0.15) is 6.61 Å². The maximum atomic E-state index is 12.9. The number of nitrogens with one attached hydrogen (secondary N) is 1. The number of anilines is 1. The molecule has 1 saturated heterocycles. The number of nitrogens with zero attached hydrogens (tertiary/aromatic N) is 1. The molecule has 3 rings (SSSR count). The second kappa shape index (κ2) is 8.57. The van der Waals surface area contributed by atoms with Crippen molar-refractivity contribution in [3.05, 3.63) is 48.2 Å². The first-order valence-electron chi connectivity index (χ1n) is 9.35. The van der Waals surface area contributed by atoms with Crippen LogP contribution in [0.3, 0.4) is 0 Å². The van der Waals surface area contributed by atoms with Gasteiger partial charge in [-0.15, -0.1) is 0 Å². The summed E-state index contributed by atoms with van der Waals surface area (Å²) >= 11 is 0. The highest BCUT2D eigenvalue weighted by Crippen LogP contribution is 2.37. The van der Waals surface area contributed by atoms with Gasteiger partial charge in [0.15, 0.2) is 11.6 Å². The molecule has 1 aliphatic heterocycles. The Morgan fingerprint density at radius 3 is 2.40 bits per heavy atom. The van der Waals surface area contributed by atoms with Crippen molar-refractivity contribution >= 4 is 24.5 Å². The zero-order chi connectivity index (χ0) is 21.9. The molecule has 1 aliphatic rings. The number of carbonyl (C=O) groups excluding carboxylic acids is 1. The van der Waals surface area contributed by atoms with Gasteiger partial charge in [0.2, 0.25) is 0 Å². The van der Waals surface area contributed by atoms with Gasteiger partial charge in [-0.05, 0) is 39.3 Å². The smallest absolute Gasteiger partial charge is 0.444 e. The molecule has 1 N–H and O–H groups in total. The summed E-state index contributed by atoms with van der Waals surface area (Å²) in [5.74, 6) is -0.525. The largest absolute Gasteiger partial charge is 0.496 e. The van der Waals surface area contributed by atoms with Crippen molar-refractivity contribution in [2.75, 3.05) is 5.32 Å². The molecule has 0 radical (unpaired) electrons. The molecule has 0 saturated carbocycles. The van der Waals surface area contributed by atoms with E-state index in [9.17, 15) is 13.6 Å². The van der Waals surface area contributed by atoms with Crippen LogP contribution in [0, 0.1) is 0 Å². The molecule has 160 valence electrons. The zero-order valence-corrected chi connectivity index (χ0v) is 17.1. The van der Waals surface area contributed by atoms with E-state index in [4.69, 9.17) is 14.0 Å². The molecule has 0 unspecified atom stereocenters. The Kier molecular flexibility index (Phi) is 6.28. The molecular weight excluding hydrogens is 397 g/mol. The third-order valence-electron chi connectivity index (χ3n) is 5.05. The standard InChI is InChI=1S/C20H23BF2N2O5/c1-19(2)20(3,4)30-21(29-19)14-10-15(28-17(22)23)16(24-11-14)25-18(26)27-12-13-8-6-5-7-9-13/h5-11,17H,12H2,1-4H3,(H,24,25,26). The van der Waals surface area contributed by atoms with Crippen molar-refractivity contribution in [3.63, 3.8) is 0 Å². The topological polar surface area (TPSA) is 78.9 Å². The maximum absolute atomic E-state index is 12.9. The van der Waals surface area contributed by atoms with E-state index in [1.54, 1.807) is 24.3 Å². The molecule has 30 heavy (non-hydrogen) atoms. The van der Waals surface area contributed by atoms with Crippen LogP contribution in [0.2, 0.25) is 0 Å². The zero-order valence-electron chi connectivity index (χ0n) is 17.1. The second-order valence-electron chi connectivity index (χ2n) is 7.77. The van der Waals surface area contributed by atoms with Crippen molar-refractivity contribution in [2.24, 2.45) is 0 Å². The Labute approximate surface area is 173 Å². The van der Waals surface area contributed by atoms with E-state index in [-0.39, 0.29) is 18.2 Å². The van der Waals surface area contributed by atoms with E-state index < -0.39 is 31.0 Å². The summed E-state index contributed by atoms with van der Waals surface area (Å²) in [6.45, 7) is 4.39. The van der Waals surface area contributed by atoms with Crippen molar-refractivity contribution in [2.45, 2.75) is 52.1 Å². The third kappa shape index (κ3) is 5.06. The minimum Gasteiger partial charge on any atom is -0.444 e. The number of amides is 1. The van der Waals surface area contributed by atoms with Gasteiger partial charge < -0.3 is 18.8 Å². The summed E-state index contributed by atoms with van der Waals surface area (Å²) in [5, 5.41) is 2.32. The van der Waals surface area contributed by atoms with Gasteiger partial charge in [-0.2, -0.15) is 8.78 Å². The van der Waals surface area contributed by atoms with Crippen molar-refractivity contribution in [1.82, 2.24) is 4.98 Å². The molecule has 2 aromatic rings. The van der Waals surface area contributed by atoms with Gasteiger partial charge in [0.25, 0.3) is 0 Å². The van der Waals surface area contributed by atoms with Crippen LogP contribution < -0.4 is 15.5 Å². The Morgan fingerprint density at radius 2 is 1.80 bits per heavy atom. The van der Waals surface area contributed by atoms with E-state index in [0.29, 0.717) is 5.46 Å². The number of hydrogen-bond donors (Lipinski definition) is 1. The van der Waals surface area contributed by atoms with Crippen LogP contribution in [0.25, 0.3) is 0 Å². The molecule has 0 bridgehead atoms. The minimum atomic E-state index is -3.11. The molecule has 10 heteroatoms. The number of alkyl halides is 2. The SMILES string of the molecule is CC1(C)OB(c2cnc(NC(=O)OCc3ccccc3)c(OC(F)F)c2)OC1(C)C. The summed E-state index contributed by atoms with van der Waals surface area (Å²) in [4.78, 5) is 16.1. The van der Waals surface area contributed by atoms with Gasteiger partial charge in [-0.3, -0.25) is 5.32 Å². The number of pyridine rings is 1. The molecule has 7 nitrogen and oxygen atoms in total. The molecule has 1 aromatic heterocycles. The van der Waals surface area contributed by atoms with Crippen molar-refractivity contribution in [3.8, 4) is 5.75 Å². The van der Waals surface area contributed by atoms with Crippen molar-refractivity contribution in [1.29, 1.82) is 0 Å². The Hall–Kier alpha value is -2.72. The monoisotopic (exact) mass is 420 g/mol. The minimum absolute atomic E-state index is 0.0176. The molecule has 0 spiro atoms. The average Bonchev–Trinajstić information content (AvgIpc) is 2.89. The van der Waals surface area contributed by atoms with Crippen LogP contribution in [-0.2, 0) is 20.7 Å². The predicted octanol–water partition coefficient (Wildman–Crippen LogP) is 3.73. The summed E-state index contributed by atoms with van der Waals surface area (Å²) in [5.41, 5.74) is -0.0626. The maximum Gasteiger partial charge on any atom is 0.496 e. The van der Waals surface area contributed by atoms with Crippen LogP contribution >= 0.6 is 0 Å². The van der Waals surface area contributed by atoms with E-state index in [1.165, 1.54) is 12.3 Å². The molecule has 1 amide bonds. The lowest BCUT2D eigenvalue weighted by Gasteiger charge is -2.32. The first-order chi connectivity index (χ1) is 14.1. The van der Waals surface area contributed by atoms with Crippen LogP contribution in [0.4, 0.5) is 19.4 Å². The van der Waals surface area contributed by atoms with Gasteiger partial charge in [0.05, 0.1) is 11.2 Å². The molecule has 1 fully saturated rings. The number of ether oxygens (including phenoxy) is 2. The van der Waals surface area contributed by atoms with Gasteiger partial charge in [0, 0.05) is 11.7 Å². The van der Waals surface area contributed by atoms with E-state index in [0.717, 1.165) is 5.56 Å². The fraction of sp³-hybridized carbons (Fsp3) is 0.400. The van der Waals surface area contributed by atoms with E-state index in [1.807, 2.05) is 33.8 Å². The second-order valence-corrected chi connectivity index (χ2v) is 7.77. The highest BCUT2D eigenvalue weighted by Gasteiger charge is 2.52. The summed E-state index contributed by atoms with van der Waals surface area (Å²) in [6.07, 6.45) is 0.515. The highest BCUT2D eigenvalue weighted by molar-refractivity contribution is 6.62. The normalized spacial score (nSPS) is 17.1. The number of aromatic nitrogens is 1. The summed E-state index contributed by atoms with van der Waals surface area (Å²) in [7, 11) is -0.818. The van der Waals surface area contributed by atoms with Crippen LogP contribution in [-0.4, -0.2) is 36.0 Å². The van der Waals surface area contributed by atoms with Crippen LogP contribution in [0.5, 0.6) is 5.75 Å². The number of halogens is 2. The van der Waals surface area contributed by atoms with E-state index >= 15 is 0 Å². The Balaban J connectivity index is 1.74. The number of benzene rings is 1. The third-order valence-corrected chi connectivity index (χ3v) is 5.05. The summed E-state index contributed by atoms with van der Waals surface area (Å²) < 4.78 is 47.2. The molecule has 1 aromatic carbocycles. The van der Waals surface area contributed by atoms with Crippen molar-refractivity contribution < 1.29 is 32.4 Å². The quantitative estimate of drug-likeness (QED) is 0.718. The lowest BCUT2D eigenvalue weighted by Crippen LogP contribution is -2.41.